The lowest BCUT2D eigenvalue weighted by atomic mass is 9.38. The second kappa shape index (κ2) is 6.36. The van der Waals surface area contributed by atoms with E-state index in [1.165, 1.54) is 6.26 Å². The predicted octanol–water partition coefficient (Wildman–Crippen LogP) is 2.41. The third-order valence-corrected chi connectivity index (χ3v) is 9.92. The number of carbonyl (C=O) groups excluding carboxylic acids is 1. The molecule has 1 amide bonds. The number of hydrogen-bond donors (Lipinski definition) is 1. The van der Waals surface area contributed by atoms with Crippen molar-refractivity contribution in [2.24, 2.45) is 0 Å². The number of nitrogens with one attached hydrogen (secondary N) is 1. The molecule has 2 bridgehead atoms. The molecule has 0 radical (unpaired) electrons. The van der Waals surface area contributed by atoms with Gasteiger partial charge in [-0.25, -0.2) is 13.4 Å². The van der Waals surface area contributed by atoms with Crippen LogP contribution in [-0.4, -0.2) is 50.5 Å². The first-order chi connectivity index (χ1) is 15.1. The maximum absolute atomic E-state index is 12.8. The number of rotatable bonds is 6. The zero-order chi connectivity index (χ0) is 22.4. The Labute approximate surface area is 193 Å². The van der Waals surface area contributed by atoms with Gasteiger partial charge in [0.15, 0.2) is 15.7 Å². The molecule has 7 rings (SSSR count). The first kappa shape index (κ1) is 20.3. The standard InChI is InChI=1S/C20H19ClN6O3S2/c1-32(29,30)20(6-7-20)17-23-16(31-26-17)15(28)24-19-9-18(10-19,11-19)14-8-22-27(25-14)13-4-2-12(21)3-5-13/h2-5,8H,6-7,9-11H2,1H3,(H,24,28). The summed E-state index contributed by atoms with van der Waals surface area (Å²) in [4.78, 5) is 18.6. The smallest absolute Gasteiger partial charge is 0.282 e. The van der Waals surface area contributed by atoms with E-state index in [0.29, 0.717) is 17.9 Å². The van der Waals surface area contributed by atoms with Crippen molar-refractivity contribution in [2.75, 3.05) is 6.26 Å². The Bertz CT molecular complexity index is 1340. The Kier molecular flexibility index (Phi) is 4.02. The average molecular weight is 491 g/mol. The van der Waals surface area contributed by atoms with Gasteiger partial charge in [0.05, 0.1) is 17.6 Å². The summed E-state index contributed by atoms with van der Waals surface area (Å²) in [5, 5.41) is 13.0. The van der Waals surface area contributed by atoms with Crippen molar-refractivity contribution in [3.63, 3.8) is 0 Å². The van der Waals surface area contributed by atoms with E-state index in [1.54, 1.807) is 23.1 Å². The van der Waals surface area contributed by atoms with E-state index < -0.39 is 14.6 Å². The largest absolute Gasteiger partial charge is 0.344 e. The lowest BCUT2D eigenvalue weighted by Gasteiger charge is -2.69. The summed E-state index contributed by atoms with van der Waals surface area (Å²) in [6.07, 6.45) is 6.39. The zero-order valence-corrected chi connectivity index (χ0v) is 19.5. The molecule has 0 spiro atoms. The molecule has 1 aromatic carbocycles. The average Bonchev–Trinajstić information content (AvgIpc) is 3.14. The van der Waals surface area contributed by atoms with Gasteiger partial charge in [-0.2, -0.15) is 19.4 Å². The highest BCUT2D eigenvalue weighted by molar-refractivity contribution is 7.91. The number of halogens is 1. The second-order valence-electron chi connectivity index (χ2n) is 9.23. The number of nitrogens with zero attached hydrogens (tertiary/aromatic N) is 5. The van der Waals surface area contributed by atoms with E-state index in [0.717, 1.165) is 42.2 Å². The molecule has 1 N–H and O–H groups in total. The van der Waals surface area contributed by atoms with E-state index in [-0.39, 0.29) is 27.7 Å². The van der Waals surface area contributed by atoms with Crippen LogP contribution >= 0.6 is 23.1 Å². The molecule has 32 heavy (non-hydrogen) atoms. The lowest BCUT2D eigenvalue weighted by molar-refractivity contribution is -0.0836. The molecule has 4 aliphatic carbocycles. The monoisotopic (exact) mass is 490 g/mol. The Hall–Kier alpha value is -2.37. The third kappa shape index (κ3) is 2.87. The van der Waals surface area contributed by atoms with Gasteiger partial charge < -0.3 is 5.32 Å². The van der Waals surface area contributed by atoms with Gasteiger partial charge in [0.1, 0.15) is 4.75 Å². The Morgan fingerprint density at radius 2 is 1.88 bits per heavy atom. The van der Waals surface area contributed by atoms with Crippen LogP contribution in [0.1, 0.15) is 53.4 Å². The molecular formula is C20H19ClN6O3S2. The fourth-order valence-corrected chi connectivity index (χ4v) is 7.17. The van der Waals surface area contributed by atoms with Gasteiger partial charge in [-0.1, -0.05) is 11.6 Å². The number of benzene rings is 1. The molecule has 12 heteroatoms. The Balaban J connectivity index is 1.12. The van der Waals surface area contributed by atoms with Crippen LogP contribution in [0.2, 0.25) is 5.02 Å². The fourth-order valence-electron chi connectivity index (χ4n) is 5.07. The minimum Gasteiger partial charge on any atom is -0.344 e. The molecule has 4 fully saturated rings. The first-order valence-corrected chi connectivity index (χ1v) is 13.2. The molecule has 9 nitrogen and oxygen atoms in total. The molecule has 4 saturated carbocycles. The van der Waals surface area contributed by atoms with Crippen molar-refractivity contribution < 1.29 is 13.2 Å². The van der Waals surface area contributed by atoms with Crippen molar-refractivity contribution >= 4 is 38.9 Å². The number of aromatic nitrogens is 5. The summed E-state index contributed by atoms with van der Waals surface area (Å²) in [5.41, 5.74) is 1.44. The van der Waals surface area contributed by atoms with Crippen LogP contribution in [0, 0.1) is 0 Å². The zero-order valence-electron chi connectivity index (χ0n) is 17.1. The van der Waals surface area contributed by atoms with Crippen LogP contribution < -0.4 is 5.32 Å². The molecule has 0 unspecified atom stereocenters. The summed E-state index contributed by atoms with van der Waals surface area (Å²) in [6, 6.07) is 7.32. The van der Waals surface area contributed by atoms with Gasteiger partial charge >= 0.3 is 0 Å². The Morgan fingerprint density at radius 3 is 2.50 bits per heavy atom. The number of sulfone groups is 1. The topological polar surface area (TPSA) is 120 Å². The van der Waals surface area contributed by atoms with E-state index in [4.69, 9.17) is 11.6 Å². The maximum Gasteiger partial charge on any atom is 0.282 e. The van der Waals surface area contributed by atoms with Crippen molar-refractivity contribution in [1.82, 2.24) is 29.7 Å². The number of carbonyl (C=O) groups is 1. The number of hydrogen-bond acceptors (Lipinski definition) is 8. The molecule has 3 aromatic rings. The van der Waals surface area contributed by atoms with Crippen molar-refractivity contribution in [1.29, 1.82) is 0 Å². The van der Waals surface area contributed by atoms with Gasteiger partial charge in [-0.05, 0) is 67.9 Å². The van der Waals surface area contributed by atoms with E-state index in [1.807, 2.05) is 12.1 Å². The van der Waals surface area contributed by atoms with Gasteiger partial charge in [-0.3, -0.25) is 4.79 Å². The van der Waals surface area contributed by atoms with Crippen molar-refractivity contribution in [2.45, 2.75) is 47.8 Å². The van der Waals surface area contributed by atoms with Crippen LogP contribution in [-0.2, 0) is 20.0 Å². The van der Waals surface area contributed by atoms with E-state index >= 15 is 0 Å². The molecule has 0 atom stereocenters. The molecule has 4 aliphatic rings. The molecule has 2 heterocycles. The van der Waals surface area contributed by atoms with Crippen molar-refractivity contribution in [3.8, 4) is 5.69 Å². The first-order valence-electron chi connectivity index (χ1n) is 10.2. The summed E-state index contributed by atoms with van der Waals surface area (Å²) in [6.45, 7) is 0. The van der Waals surface area contributed by atoms with Crippen LogP contribution in [0.3, 0.4) is 0 Å². The normalized spacial score (nSPS) is 27.3. The van der Waals surface area contributed by atoms with Crippen LogP contribution in [0.4, 0.5) is 0 Å². The van der Waals surface area contributed by atoms with Gasteiger partial charge in [-0.15, -0.1) is 0 Å². The van der Waals surface area contributed by atoms with E-state index in [9.17, 15) is 13.2 Å². The molecular weight excluding hydrogens is 472 g/mol. The number of amides is 1. The van der Waals surface area contributed by atoms with Gasteiger partial charge in [0.2, 0.25) is 5.01 Å². The van der Waals surface area contributed by atoms with E-state index in [2.05, 4.69) is 24.9 Å². The quantitative estimate of drug-likeness (QED) is 0.563. The predicted molar refractivity (Wildman–Crippen MR) is 118 cm³/mol. The van der Waals surface area contributed by atoms with Crippen LogP contribution in [0.15, 0.2) is 30.5 Å². The summed E-state index contributed by atoms with van der Waals surface area (Å²) < 4.78 is 27.3. The van der Waals surface area contributed by atoms with Crippen molar-refractivity contribution in [3.05, 3.63) is 52.0 Å². The summed E-state index contributed by atoms with van der Waals surface area (Å²) in [7, 11) is -3.31. The minimum atomic E-state index is -3.31. The molecule has 166 valence electrons. The molecule has 0 saturated heterocycles. The van der Waals surface area contributed by atoms with Gasteiger partial charge in [0.25, 0.3) is 5.91 Å². The van der Waals surface area contributed by atoms with Gasteiger partial charge in [0, 0.05) is 22.2 Å². The molecule has 0 aliphatic heterocycles. The highest BCUT2D eigenvalue weighted by Gasteiger charge is 2.70. The minimum absolute atomic E-state index is 0.0569. The lowest BCUT2D eigenvalue weighted by Crippen LogP contribution is -2.76. The molecule has 2 aromatic heterocycles. The Morgan fingerprint density at radius 1 is 1.19 bits per heavy atom. The maximum atomic E-state index is 12.8. The van der Waals surface area contributed by atoms with Crippen LogP contribution in [0.5, 0.6) is 0 Å². The third-order valence-electron chi connectivity index (χ3n) is 6.94. The summed E-state index contributed by atoms with van der Waals surface area (Å²) in [5.74, 6) is -0.0424. The second-order valence-corrected chi connectivity index (χ2v) is 12.7. The highest BCUT2D eigenvalue weighted by atomic mass is 35.5. The SMILES string of the molecule is CS(=O)(=O)C1(c2nsc(C(=O)NC34CC(c5cnn(-c6ccc(Cl)cc6)n5)(C3)C4)n2)CC1. The highest BCUT2D eigenvalue weighted by Crippen LogP contribution is 2.67. The van der Waals surface area contributed by atoms with Crippen LogP contribution in [0.25, 0.3) is 5.69 Å². The fraction of sp³-hybridized carbons (Fsp3) is 0.450. The summed E-state index contributed by atoms with van der Waals surface area (Å²) >= 11 is 6.90.